The molecule has 7 nitrogen and oxygen atoms in total. The second kappa shape index (κ2) is 9.71. The molecule has 2 aromatic rings. The predicted octanol–water partition coefficient (Wildman–Crippen LogP) is 1.67. The van der Waals surface area contributed by atoms with E-state index < -0.39 is 11.8 Å². The Bertz CT molecular complexity index is 702. The molecule has 7 heteroatoms. The van der Waals surface area contributed by atoms with Crippen LogP contribution in [-0.2, 0) is 14.4 Å². The quantitative estimate of drug-likeness (QED) is 0.386. The molecular weight excluding hydrogens is 322 g/mol. The zero-order chi connectivity index (χ0) is 17.9. The summed E-state index contributed by atoms with van der Waals surface area (Å²) in [5, 5.41) is 7.45. The number of rotatable bonds is 8. The molecule has 0 heterocycles. The zero-order valence-corrected chi connectivity index (χ0v) is 13.5. The number of nitrogens with one attached hydrogen (secondary N) is 3. The van der Waals surface area contributed by atoms with Gasteiger partial charge in [-0.05, 0) is 42.8 Å². The van der Waals surface area contributed by atoms with Crippen LogP contribution in [0.25, 0.3) is 0 Å². The highest BCUT2D eigenvalue weighted by atomic mass is 16.5. The standard InChI is InChI=1S/C18H19N3O4/c22-13-19-11-4-12-20-17(23)18(24)21-14-7-9-16(10-8-14)25-15-5-2-1-3-6-15/h1-3,5-10,13H,4,11-12H2,(H,19,22)(H,20,23)(H,21,24). The van der Waals surface area contributed by atoms with Gasteiger partial charge in [0.15, 0.2) is 0 Å². The first kappa shape index (κ1) is 18.0. The Labute approximate surface area is 145 Å². The molecule has 0 spiro atoms. The van der Waals surface area contributed by atoms with Crippen molar-refractivity contribution in [3.8, 4) is 11.5 Å². The maximum atomic E-state index is 11.8. The van der Waals surface area contributed by atoms with Crippen LogP contribution < -0.4 is 20.7 Å². The molecule has 0 atom stereocenters. The first-order valence-corrected chi connectivity index (χ1v) is 7.78. The van der Waals surface area contributed by atoms with E-state index in [0.717, 1.165) is 0 Å². The molecule has 0 radical (unpaired) electrons. The number of benzene rings is 2. The van der Waals surface area contributed by atoms with Crippen molar-refractivity contribution < 1.29 is 19.1 Å². The molecule has 0 unspecified atom stereocenters. The third-order valence-corrected chi connectivity index (χ3v) is 3.16. The lowest BCUT2D eigenvalue weighted by Gasteiger charge is -2.08. The molecule has 0 fully saturated rings. The van der Waals surface area contributed by atoms with Crippen LogP contribution in [0.2, 0.25) is 0 Å². The Morgan fingerprint density at radius 2 is 1.56 bits per heavy atom. The van der Waals surface area contributed by atoms with Crippen molar-refractivity contribution in [2.45, 2.75) is 6.42 Å². The SMILES string of the molecule is O=CNCCCNC(=O)C(=O)Nc1ccc(Oc2ccccc2)cc1. The fourth-order valence-corrected chi connectivity index (χ4v) is 1.95. The van der Waals surface area contributed by atoms with E-state index in [9.17, 15) is 14.4 Å². The van der Waals surface area contributed by atoms with Crippen LogP contribution in [0.1, 0.15) is 6.42 Å². The number of carbonyl (C=O) groups is 3. The fraction of sp³-hybridized carbons (Fsp3) is 0.167. The summed E-state index contributed by atoms with van der Waals surface area (Å²) in [6.07, 6.45) is 1.13. The predicted molar refractivity (Wildman–Crippen MR) is 93.3 cm³/mol. The molecule has 3 N–H and O–H groups in total. The van der Waals surface area contributed by atoms with E-state index >= 15 is 0 Å². The van der Waals surface area contributed by atoms with Gasteiger partial charge in [0.05, 0.1) is 0 Å². The molecule has 2 aromatic carbocycles. The average molecular weight is 341 g/mol. The van der Waals surface area contributed by atoms with Gasteiger partial charge < -0.3 is 20.7 Å². The molecule has 0 saturated carbocycles. The molecule has 3 amide bonds. The van der Waals surface area contributed by atoms with Crippen molar-refractivity contribution >= 4 is 23.9 Å². The molecular formula is C18H19N3O4. The van der Waals surface area contributed by atoms with Crippen LogP contribution in [0.5, 0.6) is 11.5 Å². The van der Waals surface area contributed by atoms with E-state index in [4.69, 9.17) is 4.74 Å². The number of para-hydroxylation sites is 1. The molecule has 0 aliphatic heterocycles. The molecule has 130 valence electrons. The summed E-state index contributed by atoms with van der Waals surface area (Å²) in [5.41, 5.74) is 0.489. The van der Waals surface area contributed by atoms with E-state index in [2.05, 4.69) is 16.0 Å². The lowest BCUT2D eigenvalue weighted by atomic mass is 10.3. The van der Waals surface area contributed by atoms with Crippen molar-refractivity contribution in [1.29, 1.82) is 0 Å². The fourth-order valence-electron chi connectivity index (χ4n) is 1.95. The number of amides is 3. The van der Waals surface area contributed by atoms with E-state index in [-0.39, 0.29) is 0 Å². The molecule has 25 heavy (non-hydrogen) atoms. The van der Waals surface area contributed by atoms with Gasteiger partial charge in [-0.25, -0.2) is 0 Å². The smallest absolute Gasteiger partial charge is 0.313 e. The van der Waals surface area contributed by atoms with Gasteiger partial charge in [-0.2, -0.15) is 0 Å². The van der Waals surface area contributed by atoms with Crippen LogP contribution in [0.4, 0.5) is 5.69 Å². The molecule has 2 rings (SSSR count). The largest absolute Gasteiger partial charge is 0.457 e. The molecule has 0 aromatic heterocycles. The molecule has 0 aliphatic carbocycles. The highest BCUT2D eigenvalue weighted by Crippen LogP contribution is 2.22. The first-order chi connectivity index (χ1) is 12.2. The summed E-state index contributed by atoms with van der Waals surface area (Å²) >= 11 is 0. The number of hydrogen-bond donors (Lipinski definition) is 3. The average Bonchev–Trinajstić information content (AvgIpc) is 2.64. The van der Waals surface area contributed by atoms with E-state index in [0.29, 0.717) is 43.1 Å². The lowest BCUT2D eigenvalue weighted by molar-refractivity contribution is -0.136. The Balaban J connectivity index is 1.78. The molecule has 0 bridgehead atoms. The van der Waals surface area contributed by atoms with Crippen molar-refractivity contribution in [1.82, 2.24) is 10.6 Å². The van der Waals surface area contributed by atoms with Crippen molar-refractivity contribution in [2.75, 3.05) is 18.4 Å². The summed E-state index contributed by atoms with van der Waals surface area (Å²) in [6.45, 7) is 0.741. The van der Waals surface area contributed by atoms with Crippen LogP contribution in [0.3, 0.4) is 0 Å². The third-order valence-electron chi connectivity index (χ3n) is 3.16. The van der Waals surface area contributed by atoms with Crippen LogP contribution in [0, 0.1) is 0 Å². The first-order valence-electron chi connectivity index (χ1n) is 7.78. The van der Waals surface area contributed by atoms with Crippen molar-refractivity contribution in [3.05, 3.63) is 54.6 Å². The Hall–Kier alpha value is -3.35. The van der Waals surface area contributed by atoms with Crippen LogP contribution in [0.15, 0.2) is 54.6 Å². The van der Waals surface area contributed by atoms with Gasteiger partial charge in [-0.1, -0.05) is 18.2 Å². The lowest BCUT2D eigenvalue weighted by Crippen LogP contribution is -2.36. The maximum Gasteiger partial charge on any atom is 0.313 e. The van der Waals surface area contributed by atoms with Gasteiger partial charge in [0.25, 0.3) is 0 Å². The summed E-state index contributed by atoms with van der Waals surface area (Å²) in [6, 6.07) is 16.0. The minimum Gasteiger partial charge on any atom is -0.457 e. The van der Waals surface area contributed by atoms with Gasteiger partial charge in [-0.3, -0.25) is 14.4 Å². The molecule has 0 aliphatic rings. The van der Waals surface area contributed by atoms with Gasteiger partial charge >= 0.3 is 11.8 Å². The Morgan fingerprint density at radius 1 is 0.880 bits per heavy atom. The van der Waals surface area contributed by atoms with Crippen LogP contribution in [-0.4, -0.2) is 31.3 Å². The number of anilines is 1. The Kier molecular flexibility index (Phi) is 6.99. The van der Waals surface area contributed by atoms with Gasteiger partial charge in [0.2, 0.25) is 6.41 Å². The van der Waals surface area contributed by atoms with E-state index in [1.165, 1.54) is 0 Å². The zero-order valence-electron chi connectivity index (χ0n) is 13.5. The van der Waals surface area contributed by atoms with Crippen LogP contribution >= 0.6 is 0 Å². The van der Waals surface area contributed by atoms with E-state index in [1.54, 1.807) is 24.3 Å². The van der Waals surface area contributed by atoms with Crippen molar-refractivity contribution in [3.63, 3.8) is 0 Å². The van der Waals surface area contributed by atoms with Gasteiger partial charge in [0, 0.05) is 18.8 Å². The number of ether oxygens (including phenoxy) is 1. The normalized spacial score (nSPS) is 9.76. The minimum atomic E-state index is -0.750. The van der Waals surface area contributed by atoms with E-state index in [1.807, 2.05) is 30.3 Å². The third kappa shape index (κ3) is 6.34. The van der Waals surface area contributed by atoms with Crippen molar-refractivity contribution in [2.24, 2.45) is 0 Å². The highest BCUT2D eigenvalue weighted by Gasteiger charge is 2.12. The summed E-state index contributed by atoms with van der Waals surface area (Å²) in [5.74, 6) is -0.144. The monoisotopic (exact) mass is 341 g/mol. The Morgan fingerprint density at radius 3 is 2.24 bits per heavy atom. The summed E-state index contributed by atoms with van der Waals surface area (Å²) in [7, 11) is 0. The topological polar surface area (TPSA) is 96.5 Å². The number of hydrogen-bond acceptors (Lipinski definition) is 4. The van der Waals surface area contributed by atoms with Gasteiger partial charge in [0.1, 0.15) is 11.5 Å². The van der Waals surface area contributed by atoms with Gasteiger partial charge in [-0.15, -0.1) is 0 Å². The number of carbonyl (C=O) groups excluding carboxylic acids is 3. The summed E-state index contributed by atoms with van der Waals surface area (Å²) < 4.78 is 5.65. The molecule has 0 saturated heterocycles. The minimum absolute atomic E-state index is 0.303. The summed E-state index contributed by atoms with van der Waals surface area (Å²) in [4.78, 5) is 33.5. The highest BCUT2D eigenvalue weighted by molar-refractivity contribution is 6.39. The second-order valence-electron chi connectivity index (χ2n) is 5.08. The maximum absolute atomic E-state index is 11.8. The second-order valence-corrected chi connectivity index (χ2v) is 5.08.